The second kappa shape index (κ2) is 4.67. The number of aromatic nitrogens is 3. The lowest BCUT2D eigenvalue weighted by Crippen LogP contribution is -2.05. The first kappa shape index (κ1) is 13.7. The maximum atomic E-state index is 13.0. The summed E-state index contributed by atoms with van der Waals surface area (Å²) in [5.41, 5.74) is 3.35. The van der Waals surface area contributed by atoms with Crippen LogP contribution in [0.4, 0.5) is 0 Å². The Kier molecular flexibility index (Phi) is 2.57. The van der Waals surface area contributed by atoms with Gasteiger partial charge in [-0.1, -0.05) is 36.4 Å². The first-order chi connectivity index (χ1) is 12.1. The monoisotopic (exact) mass is 329 g/mol. The number of nitrogens with one attached hydrogen (secondary N) is 2. The molecule has 0 saturated heterocycles. The number of ketones is 1. The third-order valence-electron chi connectivity index (χ3n) is 4.51. The number of carbonyl (C=O) groups excluding carboxylic acids is 1. The molecule has 120 valence electrons. The Bertz CT molecular complexity index is 1250. The molecule has 0 radical (unpaired) electrons. The maximum absolute atomic E-state index is 13.0. The molecule has 6 heteroatoms. The highest BCUT2D eigenvalue weighted by molar-refractivity contribution is 6.26. The van der Waals surface area contributed by atoms with Gasteiger partial charge in [0.1, 0.15) is 5.75 Å². The number of aromatic amines is 2. The normalized spacial score (nSPS) is 12.4. The zero-order valence-corrected chi connectivity index (χ0v) is 12.8. The molecule has 2 aromatic heterocycles. The quantitative estimate of drug-likeness (QED) is 0.440. The van der Waals surface area contributed by atoms with Gasteiger partial charge in [0.25, 0.3) is 5.56 Å². The molecule has 3 N–H and O–H groups in total. The molecule has 0 saturated carbocycles. The Morgan fingerprint density at radius 2 is 1.68 bits per heavy atom. The van der Waals surface area contributed by atoms with Gasteiger partial charge in [0.2, 0.25) is 0 Å². The summed E-state index contributed by atoms with van der Waals surface area (Å²) in [7, 11) is 0. The van der Waals surface area contributed by atoms with Crippen molar-refractivity contribution in [3.8, 4) is 28.1 Å². The number of nitrogens with zero attached hydrogens (tertiary/aromatic N) is 1. The summed E-state index contributed by atoms with van der Waals surface area (Å²) in [6.45, 7) is 0. The number of hydrogen-bond acceptors (Lipinski definition) is 4. The fraction of sp³-hybridized carbons (Fsp3) is 0. The molecule has 2 heterocycles. The van der Waals surface area contributed by atoms with Gasteiger partial charge in [-0.05, 0) is 17.7 Å². The molecule has 5 rings (SSSR count). The third-order valence-corrected chi connectivity index (χ3v) is 4.51. The summed E-state index contributed by atoms with van der Waals surface area (Å²) in [5, 5.41) is 15.5. The lowest BCUT2D eigenvalue weighted by molar-refractivity contribution is 0.104. The second-order valence-electron chi connectivity index (χ2n) is 5.94. The molecular formula is C19H11N3O3. The lowest BCUT2D eigenvalue weighted by atomic mass is 9.95. The topological polar surface area (TPSA) is 98.8 Å². The molecule has 1 aliphatic carbocycles. The van der Waals surface area contributed by atoms with Crippen molar-refractivity contribution in [2.24, 2.45) is 0 Å². The molecule has 1 aliphatic rings. The predicted octanol–water partition coefficient (Wildman–Crippen LogP) is 2.84. The van der Waals surface area contributed by atoms with Crippen LogP contribution in [0.15, 0.2) is 53.3 Å². The molecule has 2 aromatic carbocycles. The van der Waals surface area contributed by atoms with Crippen molar-refractivity contribution in [1.29, 1.82) is 0 Å². The zero-order valence-electron chi connectivity index (χ0n) is 12.8. The van der Waals surface area contributed by atoms with E-state index in [0.29, 0.717) is 39.0 Å². The van der Waals surface area contributed by atoms with Gasteiger partial charge in [0.15, 0.2) is 11.4 Å². The van der Waals surface area contributed by atoms with Crippen LogP contribution in [0.5, 0.6) is 5.75 Å². The van der Waals surface area contributed by atoms with E-state index in [1.54, 1.807) is 30.3 Å². The van der Waals surface area contributed by atoms with Crippen molar-refractivity contribution in [2.45, 2.75) is 0 Å². The van der Waals surface area contributed by atoms with E-state index in [1.165, 1.54) is 6.07 Å². The number of fused-ring (bicyclic) bond motifs is 4. The van der Waals surface area contributed by atoms with E-state index in [4.69, 9.17) is 0 Å². The predicted molar refractivity (Wildman–Crippen MR) is 92.7 cm³/mol. The van der Waals surface area contributed by atoms with E-state index in [-0.39, 0.29) is 17.1 Å². The maximum Gasteiger partial charge on any atom is 0.274 e. The molecule has 0 spiro atoms. The van der Waals surface area contributed by atoms with E-state index in [2.05, 4.69) is 15.2 Å². The molecule has 0 bridgehead atoms. The van der Waals surface area contributed by atoms with Crippen LogP contribution < -0.4 is 5.56 Å². The van der Waals surface area contributed by atoms with Crippen molar-refractivity contribution >= 4 is 16.8 Å². The third kappa shape index (κ3) is 1.76. The van der Waals surface area contributed by atoms with Gasteiger partial charge >= 0.3 is 0 Å². The average Bonchev–Trinajstić information content (AvgIpc) is 3.13. The lowest BCUT2D eigenvalue weighted by Gasteiger charge is -2.09. The Balaban J connectivity index is 1.99. The Morgan fingerprint density at radius 3 is 2.48 bits per heavy atom. The Labute approximate surface area is 140 Å². The Morgan fingerprint density at radius 1 is 0.880 bits per heavy atom. The number of carbonyl (C=O) groups is 1. The van der Waals surface area contributed by atoms with Crippen LogP contribution in [0.25, 0.3) is 33.4 Å². The van der Waals surface area contributed by atoms with Gasteiger partial charge in [-0.15, -0.1) is 0 Å². The van der Waals surface area contributed by atoms with Gasteiger partial charge in [0, 0.05) is 16.7 Å². The van der Waals surface area contributed by atoms with Crippen molar-refractivity contribution in [3.05, 3.63) is 70.0 Å². The molecule has 0 aliphatic heterocycles. The molecule has 25 heavy (non-hydrogen) atoms. The van der Waals surface area contributed by atoms with Crippen LogP contribution in [0.3, 0.4) is 0 Å². The zero-order chi connectivity index (χ0) is 17.1. The van der Waals surface area contributed by atoms with E-state index < -0.39 is 0 Å². The molecule has 0 atom stereocenters. The number of phenols is 1. The van der Waals surface area contributed by atoms with E-state index >= 15 is 0 Å². The fourth-order valence-electron chi connectivity index (χ4n) is 3.46. The molecule has 4 aromatic rings. The molecule has 0 fully saturated rings. The molecule has 6 nitrogen and oxygen atoms in total. The van der Waals surface area contributed by atoms with Crippen LogP contribution in [0.2, 0.25) is 0 Å². The molecular weight excluding hydrogens is 318 g/mol. The largest absolute Gasteiger partial charge is 0.508 e. The number of benzene rings is 2. The summed E-state index contributed by atoms with van der Waals surface area (Å²) < 4.78 is 0. The molecule has 0 unspecified atom stereocenters. The first-order valence-corrected chi connectivity index (χ1v) is 7.73. The number of phenolic OH excluding ortho intramolecular Hbond substituents is 1. The standard InChI is InChI=1S/C19H11N3O3/c23-10-5-3-4-9(8-10)13-14-16(20-18-15(13)19(25)22-21-18)11-6-1-2-7-12(11)17(14)24/h1-8,23H,(H2,20,21,22,25). The van der Waals surface area contributed by atoms with E-state index in [1.807, 2.05) is 12.1 Å². The fourth-order valence-corrected chi connectivity index (χ4v) is 3.46. The number of rotatable bonds is 1. The van der Waals surface area contributed by atoms with Crippen LogP contribution in [-0.2, 0) is 0 Å². The highest BCUT2D eigenvalue weighted by Gasteiger charge is 2.33. The van der Waals surface area contributed by atoms with Crippen LogP contribution in [-0.4, -0.2) is 26.1 Å². The summed E-state index contributed by atoms with van der Waals surface area (Å²) >= 11 is 0. The minimum absolute atomic E-state index is 0.0612. The summed E-state index contributed by atoms with van der Waals surface area (Å²) in [5.74, 6) is -0.106. The summed E-state index contributed by atoms with van der Waals surface area (Å²) in [6.07, 6.45) is 0. The molecule has 0 amide bonds. The van der Waals surface area contributed by atoms with Crippen LogP contribution >= 0.6 is 0 Å². The smallest absolute Gasteiger partial charge is 0.274 e. The first-order valence-electron chi connectivity index (χ1n) is 7.73. The van der Waals surface area contributed by atoms with Crippen molar-refractivity contribution in [2.75, 3.05) is 0 Å². The number of hydrogen-bond donors (Lipinski definition) is 3. The Hall–Kier alpha value is -3.67. The van der Waals surface area contributed by atoms with E-state index in [9.17, 15) is 14.7 Å². The minimum atomic E-state index is -0.354. The highest BCUT2D eigenvalue weighted by Crippen LogP contribution is 2.42. The number of H-pyrrole nitrogens is 2. The highest BCUT2D eigenvalue weighted by atomic mass is 16.3. The van der Waals surface area contributed by atoms with Gasteiger partial charge in [0.05, 0.1) is 16.6 Å². The van der Waals surface area contributed by atoms with E-state index in [0.717, 1.165) is 5.56 Å². The number of pyridine rings is 1. The van der Waals surface area contributed by atoms with Crippen molar-refractivity contribution in [3.63, 3.8) is 0 Å². The van der Waals surface area contributed by atoms with Gasteiger partial charge in [-0.2, -0.15) is 0 Å². The van der Waals surface area contributed by atoms with Crippen LogP contribution in [0, 0.1) is 0 Å². The van der Waals surface area contributed by atoms with Gasteiger partial charge < -0.3 is 5.11 Å². The van der Waals surface area contributed by atoms with Gasteiger partial charge in [-0.25, -0.2) is 4.98 Å². The minimum Gasteiger partial charge on any atom is -0.508 e. The van der Waals surface area contributed by atoms with Crippen LogP contribution in [0.1, 0.15) is 15.9 Å². The summed E-state index contributed by atoms with van der Waals surface area (Å²) in [4.78, 5) is 29.9. The average molecular weight is 329 g/mol. The van der Waals surface area contributed by atoms with Crippen molar-refractivity contribution < 1.29 is 9.90 Å². The number of aromatic hydroxyl groups is 1. The summed E-state index contributed by atoms with van der Waals surface area (Å²) in [6, 6.07) is 13.8. The van der Waals surface area contributed by atoms with Gasteiger partial charge in [-0.3, -0.25) is 19.8 Å². The second-order valence-corrected chi connectivity index (χ2v) is 5.94. The SMILES string of the molecule is O=C1c2ccccc2-c2nc3[nH][nH]c(=O)c3c(-c3cccc(O)c3)c21. The van der Waals surface area contributed by atoms with Crippen molar-refractivity contribution in [1.82, 2.24) is 15.2 Å².